The molecule has 1 fully saturated rings. The highest BCUT2D eigenvalue weighted by Crippen LogP contribution is 2.36. The van der Waals surface area contributed by atoms with Crippen LogP contribution in [-0.2, 0) is 17.3 Å². The Morgan fingerprint density at radius 2 is 1.97 bits per heavy atom. The molecular formula is C21H24F3N3O2. The highest BCUT2D eigenvalue weighted by Gasteiger charge is 2.32. The number of nitrogens with zero attached hydrogens (tertiary/aromatic N) is 2. The maximum Gasteiger partial charge on any atom is 0.416 e. The fourth-order valence-corrected chi connectivity index (χ4v) is 3.17. The van der Waals surface area contributed by atoms with Gasteiger partial charge in [0.1, 0.15) is 5.69 Å². The Morgan fingerprint density at radius 3 is 2.59 bits per heavy atom. The number of rotatable bonds is 6. The standard InChI is InChI=1S/C21H24F3N3O2/c1-2-3-4-15-5-7-17(25-14-15)20(28)26-18-13-16(21(22,23)24)6-8-19(18)27-9-11-29-12-10-27/h5-8,13-14H,2-4,9-12H2,1H3,(H,26,28). The van der Waals surface area contributed by atoms with Crippen LogP contribution in [0.3, 0.4) is 0 Å². The lowest BCUT2D eigenvalue weighted by atomic mass is 10.1. The zero-order valence-electron chi connectivity index (χ0n) is 16.3. The Kier molecular flexibility index (Phi) is 6.74. The van der Waals surface area contributed by atoms with Crippen molar-refractivity contribution in [2.24, 2.45) is 0 Å². The molecule has 5 nitrogen and oxygen atoms in total. The molecule has 1 aliphatic rings. The maximum absolute atomic E-state index is 13.2. The molecule has 0 bridgehead atoms. The van der Waals surface area contributed by atoms with Crippen molar-refractivity contribution in [1.82, 2.24) is 4.98 Å². The Balaban J connectivity index is 1.84. The molecule has 0 atom stereocenters. The molecule has 29 heavy (non-hydrogen) atoms. The topological polar surface area (TPSA) is 54.5 Å². The molecule has 2 aromatic rings. The second kappa shape index (κ2) is 9.26. The van der Waals surface area contributed by atoms with Crippen molar-refractivity contribution in [3.63, 3.8) is 0 Å². The van der Waals surface area contributed by atoms with Crippen molar-refractivity contribution >= 4 is 17.3 Å². The van der Waals surface area contributed by atoms with Crippen LogP contribution in [0.2, 0.25) is 0 Å². The number of ether oxygens (including phenoxy) is 1. The minimum Gasteiger partial charge on any atom is -0.378 e. The van der Waals surface area contributed by atoms with Crippen molar-refractivity contribution in [1.29, 1.82) is 0 Å². The fraction of sp³-hybridized carbons (Fsp3) is 0.429. The average molecular weight is 407 g/mol. The van der Waals surface area contributed by atoms with E-state index < -0.39 is 17.6 Å². The van der Waals surface area contributed by atoms with E-state index in [0.29, 0.717) is 32.0 Å². The molecule has 1 aromatic heterocycles. The molecule has 0 spiro atoms. The first-order chi connectivity index (χ1) is 13.9. The summed E-state index contributed by atoms with van der Waals surface area (Å²) in [5.41, 5.74) is 1.03. The third kappa shape index (κ3) is 5.47. The first-order valence-corrected chi connectivity index (χ1v) is 9.68. The summed E-state index contributed by atoms with van der Waals surface area (Å²) in [5, 5.41) is 2.62. The van der Waals surface area contributed by atoms with Gasteiger partial charge in [-0.2, -0.15) is 13.2 Å². The van der Waals surface area contributed by atoms with Gasteiger partial charge in [0.05, 0.1) is 30.2 Å². The first-order valence-electron chi connectivity index (χ1n) is 9.68. The number of hydrogen-bond donors (Lipinski definition) is 1. The number of halogens is 3. The summed E-state index contributed by atoms with van der Waals surface area (Å²) in [6, 6.07) is 6.82. The van der Waals surface area contributed by atoms with Crippen LogP contribution in [0, 0.1) is 0 Å². The third-order valence-electron chi connectivity index (χ3n) is 4.80. The average Bonchev–Trinajstić information content (AvgIpc) is 2.72. The predicted molar refractivity (Wildman–Crippen MR) is 105 cm³/mol. The Bertz CT molecular complexity index is 832. The fourth-order valence-electron chi connectivity index (χ4n) is 3.17. The zero-order chi connectivity index (χ0) is 20.9. The third-order valence-corrected chi connectivity index (χ3v) is 4.80. The number of anilines is 2. The van der Waals surface area contributed by atoms with Gasteiger partial charge in [-0.1, -0.05) is 19.4 Å². The molecule has 1 amide bonds. The van der Waals surface area contributed by atoms with E-state index >= 15 is 0 Å². The van der Waals surface area contributed by atoms with E-state index in [1.54, 1.807) is 12.3 Å². The molecule has 3 rings (SSSR count). The lowest BCUT2D eigenvalue weighted by molar-refractivity contribution is -0.137. The van der Waals surface area contributed by atoms with E-state index in [0.717, 1.165) is 37.0 Å². The number of carbonyl (C=O) groups excluding carboxylic acids is 1. The highest BCUT2D eigenvalue weighted by atomic mass is 19.4. The minimum atomic E-state index is -4.50. The molecule has 1 aromatic carbocycles. The lowest BCUT2D eigenvalue weighted by Gasteiger charge is -2.31. The van der Waals surface area contributed by atoms with Gasteiger partial charge in [0.15, 0.2) is 0 Å². The molecule has 1 aliphatic heterocycles. The normalized spacial score (nSPS) is 14.7. The van der Waals surface area contributed by atoms with Crippen LogP contribution in [0.1, 0.15) is 41.4 Å². The molecule has 0 aliphatic carbocycles. The van der Waals surface area contributed by atoms with Gasteiger partial charge in [-0.15, -0.1) is 0 Å². The van der Waals surface area contributed by atoms with Crippen molar-refractivity contribution in [3.8, 4) is 0 Å². The van der Waals surface area contributed by atoms with Crippen LogP contribution in [0.15, 0.2) is 36.5 Å². The van der Waals surface area contributed by atoms with E-state index in [9.17, 15) is 18.0 Å². The summed E-state index contributed by atoms with van der Waals surface area (Å²) in [5.74, 6) is -0.541. The van der Waals surface area contributed by atoms with Crippen molar-refractivity contribution in [3.05, 3.63) is 53.3 Å². The van der Waals surface area contributed by atoms with E-state index in [4.69, 9.17) is 4.74 Å². The van der Waals surface area contributed by atoms with E-state index in [2.05, 4.69) is 17.2 Å². The molecule has 0 saturated carbocycles. The SMILES string of the molecule is CCCCc1ccc(C(=O)Nc2cc(C(F)(F)F)ccc2N2CCOCC2)nc1. The van der Waals surface area contributed by atoms with Crippen LogP contribution in [0.4, 0.5) is 24.5 Å². The van der Waals surface area contributed by atoms with E-state index in [1.807, 2.05) is 11.0 Å². The number of alkyl halides is 3. The Labute approximate surface area is 167 Å². The zero-order valence-corrected chi connectivity index (χ0v) is 16.3. The number of benzene rings is 1. The summed E-state index contributed by atoms with van der Waals surface area (Å²) in [7, 11) is 0. The van der Waals surface area contributed by atoms with E-state index in [1.165, 1.54) is 6.07 Å². The number of aromatic nitrogens is 1. The second-order valence-corrected chi connectivity index (χ2v) is 6.94. The molecular weight excluding hydrogens is 383 g/mol. The summed E-state index contributed by atoms with van der Waals surface area (Å²) in [6.07, 6.45) is 0.102. The van der Waals surface area contributed by atoms with Crippen LogP contribution < -0.4 is 10.2 Å². The quantitative estimate of drug-likeness (QED) is 0.764. The summed E-state index contributed by atoms with van der Waals surface area (Å²) in [6.45, 7) is 4.14. The molecule has 2 heterocycles. The number of nitrogens with one attached hydrogen (secondary N) is 1. The number of morpholine rings is 1. The lowest BCUT2D eigenvalue weighted by Crippen LogP contribution is -2.37. The Hall–Kier alpha value is -2.61. The van der Waals surface area contributed by atoms with Crippen molar-refractivity contribution < 1.29 is 22.7 Å². The second-order valence-electron chi connectivity index (χ2n) is 6.94. The van der Waals surface area contributed by atoms with Gasteiger partial charge in [-0.05, 0) is 42.7 Å². The molecule has 1 saturated heterocycles. The Morgan fingerprint density at radius 1 is 1.21 bits per heavy atom. The van der Waals surface area contributed by atoms with Gasteiger partial charge in [-0.3, -0.25) is 9.78 Å². The number of unbranched alkanes of at least 4 members (excludes halogenated alkanes) is 1. The van der Waals surface area contributed by atoms with Gasteiger partial charge in [0, 0.05) is 19.3 Å². The molecule has 0 radical (unpaired) electrons. The van der Waals surface area contributed by atoms with E-state index in [-0.39, 0.29) is 11.4 Å². The number of hydrogen-bond acceptors (Lipinski definition) is 4. The number of carbonyl (C=O) groups is 1. The van der Waals surface area contributed by atoms with Crippen LogP contribution >= 0.6 is 0 Å². The van der Waals surface area contributed by atoms with Gasteiger partial charge >= 0.3 is 6.18 Å². The number of aryl methyl sites for hydroxylation is 1. The first kappa shape index (κ1) is 21.1. The maximum atomic E-state index is 13.2. The molecule has 0 unspecified atom stereocenters. The summed E-state index contributed by atoms with van der Waals surface area (Å²) in [4.78, 5) is 18.7. The molecule has 1 N–H and O–H groups in total. The largest absolute Gasteiger partial charge is 0.416 e. The van der Waals surface area contributed by atoms with Gasteiger partial charge in [0.2, 0.25) is 0 Å². The van der Waals surface area contributed by atoms with Gasteiger partial charge < -0.3 is 15.0 Å². The molecule has 156 valence electrons. The summed E-state index contributed by atoms with van der Waals surface area (Å²) < 4.78 is 44.9. The van der Waals surface area contributed by atoms with Gasteiger partial charge in [0.25, 0.3) is 5.91 Å². The highest BCUT2D eigenvalue weighted by molar-refractivity contribution is 6.04. The monoisotopic (exact) mass is 407 g/mol. The molecule has 8 heteroatoms. The summed E-state index contributed by atoms with van der Waals surface area (Å²) >= 11 is 0. The number of pyridine rings is 1. The van der Waals surface area contributed by atoms with Crippen LogP contribution in [0.5, 0.6) is 0 Å². The number of amides is 1. The van der Waals surface area contributed by atoms with Crippen LogP contribution in [-0.4, -0.2) is 37.2 Å². The minimum absolute atomic E-state index is 0.114. The van der Waals surface area contributed by atoms with Crippen molar-refractivity contribution in [2.75, 3.05) is 36.5 Å². The smallest absolute Gasteiger partial charge is 0.378 e. The van der Waals surface area contributed by atoms with Crippen molar-refractivity contribution in [2.45, 2.75) is 32.4 Å². The van der Waals surface area contributed by atoms with Crippen LogP contribution in [0.25, 0.3) is 0 Å². The van der Waals surface area contributed by atoms with Gasteiger partial charge in [-0.25, -0.2) is 0 Å². The predicted octanol–water partition coefficient (Wildman–Crippen LogP) is 4.53.